The minimum Gasteiger partial charge on any atom is -0.349 e. The highest BCUT2D eigenvalue weighted by Crippen LogP contribution is 2.30. The summed E-state index contributed by atoms with van der Waals surface area (Å²) in [5.41, 5.74) is 5.07. The second kappa shape index (κ2) is 9.79. The highest BCUT2D eigenvalue weighted by Gasteiger charge is 2.29. The van der Waals surface area contributed by atoms with Crippen LogP contribution in [0.15, 0.2) is 47.6 Å². The van der Waals surface area contributed by atoms with E-state index in [1.54, 1.807) is 0 Å². The van der Waals surface area contributed by atoms with Crippen molar-refractivity contribution in [2.24, 2.45) is 5.92 Å². The maximum Gasteiger partial charge on any atom is 0.230 e. The zero-order valence-corrected chi connectivity index (χ0v) is 20.2. The van der Waals surface area contributed by atoms with Crippen molar-refractivity contribution < 1.29 is 9.59 Å². The molecule has 1 aliphatic carbocycles. The van der Waals surface area contributed by atoms with E-state index in [0.717, 1.165) is 46.7 Å². The van der Waals surface area contributed by atoms with Gasteiger partial charge in [0.05, 0.1) is 17.5 Å². The van der Waals surface area contributed by atoms with Crippen LogP contribution in [0.1, 0.15) is 48.3 Å². The van der Waals surface area contributed by atoms with Crippen LogP contribution < -0.4 is 10.6 Å². The van der Waals surface area contributed by atoms with Crippen molar-refractivity contribution in [2.45, 2.75) is 51.7 Å². The van der Waals surface area contributed by atoms with E-state index in [0.29, 0.717) is 5.16 Å². The number of amides is 2. The lowest BCUT2D eigenvalue weighted by Crippen LogP contribution is -2.28. The molecule has 1 aromatic heterocycles. The van der Waals surface area contributed by atoms with Gasteiger partial charge in [-0.3, -0.25) is 14.2 Å². The van der Waals surface area contributed by atoms with Gasteiger partial charge in [0.15, 0.2) is 5.16 Å². The quantitative estimate of drug-likeness (QED) is 0.480. The van der Waals surface area contributed by atoms with Crippen LogP contribution in [0.2, 0.25) is 0 Å². The van der Waals surface area contributed by atoms with Crippen LogP contribution in [0.25, 0.3) is 5.69 Å². The van der Waals surface area contributed by atoms with Gasteiger partial charge >= 0.3 is 0 Å². The number of benzene rings is 2. The van der Waals surface area contributed by atoms with E-state index < -0.39 is 0 Å². The van der Waals surface area contributed by atoms with Gasteiger partial charge in [-0.25, -0.2) is 0 Å². The number of hydrogen-bond donors (Lipinski definition) is 2. The molecule has 7 nitrogen and oxygen atoms in total. The number of nitrogens with zero attached hydrogens (tertiary/aromatic N) is 3. The molecule has 1 aliphatic rings. The minimum atomic E-state index is -0.148. The van der Waals surface area contributed by atoms with Gasteiger partial charge in [0.2, 0.25) is 11.8 Å². The summed E-state index contributed by atoms with van der Waals surface area (Å²) in [6, 6.07) is 13.7. The first-order valence-electron chi connectivity index (χ1n) is 11.1. The molecule has 1 fully saturated rings. The van der Waals surface area contributed by atoms with Crippen LogP contribution in [-0.4, -0.2) is 32.3 Å². The van der Waals surface area contributed by atoms with Crippen LogP contribution in [0.5, 0.6) is 0 Å². The Balaban J connectivity index is 1.35. The van der Waals surface area contributed by atoms with E-state index >= 15 is 0 Å². The molecular weight excluding hydrogens is 434 g/mol. The van der Waals surface area contributed by atoms with Gasteiger partial charge in [0.1, 0.15) is 5.82 Å². The number of anilines is 1. The molecule has 1 saturated carbocycles. The first kappa shape index (κ1) is 23.0. The number of aryl methyl sites for hydroxylation is 3. The normalized spacial score (nSPS) is 14.1. The molecule has 2 amide bonds. The van der Waals surface area contributed by atoms with E-state index in [-0.39, 0.29) is 29.5 Å². The van der Waals surface area contributed by atoms with Crippen LogP contribution in [-0.2, 0) is 9.59 Å². The summed E-state index contributed by atoms with van der Waals surface area (Å²) < 4.78 is 2.00. The number of carbonyl (C=O) groups excluding carboxylic acids is 2. The van der Waals surface area contributed by atoms with E-state index in [4.69, 9.17) is 0 Å². The highest BCUT2D eigenvalue weighted by molar-refractivity contribution is 7.99. The smallest absolute Gasteiger partial charge is 0.230 e. The van der Waals surface area contributed by atoms with Crippen molar-refractivity contribution in [1.29, 1.82) is 0 Å². The van der Waals surface area contributed by atoms with Crippen molar-refractivity contribution in [3.63, 3.8) is 0 Å². The van der Waals surface area contributed by atoms with Crippen LogP contribution >= 0.6 is 11.8 Å². The summed E-state index contributed by atoms with van der Waals surface area (Å²) in [5, 5.41) is 15.2. The Morgan fingerprint density at radius 3 is 2.52 bits per heavy atom. The molecule has 0 saturated heterocycles. The maximum absolute atomic E-state index is 12.6. The Hall–Kier alpha value is -3.13. The lowest BCUT2D eigenvalue weighted by molar-refractivity contribution is -0.119. The van der Waals surface area contributed by atoms with Crippen molar-refractivity contribution in [3.8, 4) is 5.69 Å². The van der Waals surface area contributed by atoms with Crippen molar-refractivity contribution >= 4 is 29.3 Å². The average Bonchev–Trinajstić information content (AvgIpc) is 3.58. The van der Waals surface area contributed by atoms with Gasteiger partial charge in [-0.2, -0.15) is 0 Å². The summed E-state index contributed by atoms with van der Waals surface area (Å²) in [4.78, 5) is 24.5. The Morgan fingerprint density at radius 1 is 1.09 bits per heavy atom. The molecule has 172 valence electrons. The summed E-state index contributed by atoms with van der Waals surface area (Å²) in [6.07, 6.45) is 1.96. The first-order valence-corrected chi connectivity index (χ1v) is 12.1. The second-order valence-corrected chi connectivity index (χ2v) is 9.56. The van der Waals surface area contributed by atoms with Gasteiger partial charge in [0, 0.05) is 11.6 Å². The third kappa shape index (κ3) is 5.63. The fourth-order valence-corrected chi connectivity index (χ4v) is 4.42. The molecule has 0 spiro atoms. The molecule has 0 aliphatic heterocycles. The zero-order chi connectivity index (χ0) is 23.5. The number of thioether (sulfide) groups is 1. The van der Waals surface area contributed by atoms with Gasteiger partial charge in [-0.15, -0.1) is 10.2 Å². The largest absolute Gasteiger partial charge is 0.349 e. The maximum atomic E-state index is 12.6. The Bertz CT molecular complexity index is 1170. The molecule has 2 N–H and O–H groups in total. The van der Waals surface area contributed by atoms with Crippen LogP contribution in [0.3, 0.4) is 0 Å². The molecule has 4 rings (SSSR count). The third-order valence-corrected chi connectivity index (χ3v) is 6.67. The fourth-order valence-electron chi connectivity index (χ4n) is 3.62. The fraction of sp³-hybridized carbons (Fsp3) is 0.360. The number of aromatic nitrogens is 3. The van der Waals surface area contributed by atoms with Crippen molar-refractivity contribution in [2.75, 3.05) is 11.1 Å². The molecule has 0 bridgehead atoms. The topological polar surface area (TPSA) is 88.9 Å². The highest BCUT2D eigenvalue weighted by atomic mass is 32.2. The lowest BCUT2D eigenvalue weighted by atomic mass is 10.1. The van der Waals surface area contributed by atoms with Crippen LogP contribution in [0.4, 0.5) is 5.69 Å². The van der Waals surface area contributed by atoms with Crippen molar-refractivity contribution in [1.82, 2.24) is 20.1 Å². The number of nitrogens with one attached hydrogen (secondary N) is 2. The van der Waals surface area contributed by atoms with Gasteiger partial charge in [-0.1, -0.05) is 36.0 Å². The van der Waals surface area contributed by atoms with Gasteiger partial charge < -0.3 is 10.6 Å². The molecular formula is C25H29N5O2S. The predicted octanol–water partition coefficient (Wildman–Crippen LogP) is 4.51. The predicted molar refractivity (Wildman–Crippen MR) is 131 cm³/mol. The molecule has 3 aromatic rings. The van der Waals surface area contributed by atoms with Crippen LogP contribution in [0, 0.1) is 26.7 Å². The molecule has 8 heteroatoms. The summed E-state index contributed by atoms with van der Waals surface area (Å²) in [7, 11) is 0. The van der Waals surface area contributed by atoms with Gasteiger partial charge in [0.25, 0.3) is 0 Å². The molecule has 1 atom stereocenters. The van der Waals surface area contributed by atoms with Gasteiger partial charge in [-0.05, 0) is 75.4 Å². The number of rotatable bonds is 8. The minimum absolute atomic E-state index is 0.0771. The average molecular weight is 464 g/mol. The SMILES string of the molecule is Cc1ccc(C)c(-n2c(C)nnc2SCC(=O)NC(C)c2ccc(NC(=O)C3CC3)cc2)c1. The van der Waals surface area contributed by atoms with Crippen molar-refractivity contribution in [3.05, 3.63) is 65.0 Å². The molecule has 1 heterocycles. The zero-order valence-electron chi connectivity index (χ0n) is 19.4. The molecule has 0 radical (unpaired) electrons. The summed E-state index contributed by atoms with van der Waals surface area (Å²) in [6.45, 7) is 7.97. The lowest BCUT2D eigenvalue weighted by Gasteiger charge is -2.15. The third-order valence-electron chi connectivity index (χ3n) is 5.74. The van der Waals surface area contributed by atoms with E-state index in [9.17, 15) is 9.59 Å². The summed E-state index contributed by atoms with van der Waals surface area (Å²) >= 11 is 1.37. The number of carbonyl (C=O) groups is 2. The monoisotopic (exact) mass is 463 g/mol. The summed E-state index contributed by atoms with van der Waals surface area (Å²) in [5.74, 6) is 1.21. The Labute approximate surface area is 198 Å². The molecule has 1 unspecified atom stereocenters. The first-order chi connectivity index (χ1) is 15.8. The van der Waals surface area contributed by atoms with E-state index in [2.05, 4.69) is 52.9 Å². The van der Waals surface area contributed by atoms with E-state index in [1.165, 1.54) is 11.8 Å². The standard InChI is InChI=1S/C25H29N5O2S/c1-15-5-6-16(2)22(13-15)30-18(4)28-29-25(30)33-14-23(31)26-17(3)19-9-11-21(12-10-19)27-24(32)20-7-8-20/h5-6,9-13,17,20H,7-8,14H2,1-4H3,(H,26,31)(H,27,32). The molecule has 33 heavy (non-hydrogen) atoms. The second-order valence-electron chi connectivity index (χ2n) is 8.62. The number of hydrogen-bond acceptors (Lipinski definition) is 5. The molecule has 2 aromatic carbocycles. The van der Waals surface area contributed by atoms with E-state index in [1.807, 2.05) is 42.7 Å². The Morgan fingerprint density at radius 2 is 1.82 bits per heavy atom. The Kier molecular flexibility index (Phi) is 6.83.